The van der Waals surface area contributed by atoms with Crippen LogP contribution in [0.3, 0.4) is 0 Å². The first kappa shape index (κ1) is 16.4. The number of sulfonamides is 1. The Morgan fingerprint density at radius 1 is 1.39 bits per heavy atom. The van der Waals surface area contributed by atoms with E-state index in [0.29, 0.717) is 28.8 Å². The monoisotopic (exact) mass is 357 g/mol. The molecule has 1 aliphatic rings. The van der Waals surface area contributed by atoms with Gasteiger partial charge in [-0.3, -0.25) is 0 Å². The normalized spacial score (nSPS) is 19.8. The molecule has 2 heterocycles. The van der Waals surface area contributed by atoms with Gasteiger partial charge in [-0.15, -0.1) is 0 Å². The number of aromatic nitrogens is 2. The van der Waals surface area contributed by atoms with Crippen LogP contribution in [0.4, 0.5) is 0 Å². The van der Waals surface area contributed by atoms with Gasteiger partial charge < -0.3 is 9.26 Å². The van der Waals surface area contributed by atoms with Crippen LogP contribution in [0.15, 0.2) is 28.8 Å². The third kappa shape index (κ3) is 3.72. The highest BCUT2D eigenvalue weighted by Crippen LogP contribution is 2.25. The molecule has 0 aliphatic carbocycles. The number of hydrogen-bond donors (Lipinski definition) is 0. The minimum absolute atomic E-state index is 0.148. The number of halogens is 1. The first-order valence-corrected chi connectivity index (χ1v) is 9.07. The molecule has 23 heavy (non-hydrogen) atoms. The van der Waals surface area contributed by atoms with Crippen LogP contribution in [-0.4, -0.2) is 42.6 Å². The third-order valence-electron chi connectivity index (χ3n) is 3.55. The van der Waals surface area contributed by atoms with Crippen molar-refractivity contribution in [1.82, 2.24) is 14.4 Å². The van der Waals surface area contributed by atoms with Crippen molar-refractivity contribution in [3.05, 3.63) is 46.6 Å². The summed E-state index contributed by atoms with van der Waals surface area (Å²) in [4.78, 5) is 4.10. The third-order valence-corrected chi connectivity index (χ3v) is 5.71. The molecule has 1 unspecified atom stereocenters. The van der Waals surface area contributed by atoms with Gasteiger partial charge in [0.2, 0.25) is 21.7 Å². The molecule has 0 radical (unpaired) electrons. The zero-order valence-corrected chi connectivity index (χ0v) is 14.0. The molecule has 0 saturated carbocycles. The molecule has 1 aromatic carbocycles. The lowest BCUT2D eigenvalue weighted by Crippen LogP contribution is -2.43. The summed E-state index contributed by atoms with van der Waals surface area (Å²) in [6, 6.07) is 6.92. The molecular weight excluding hydrogens is 342 g/mol. The van der Waals surface area contributed by atoms with Gasteiger partial charge in [-0.25, -0.2) is 8.42 Å². The molecule has 7 nitrogen and oxygen atoms in total. The quantitative estimate of drug-likeness (QED) is 0.831. The van der Waals surface area contributed by atoms with Crippen LogP contribution in [0, 0.1) is 6.92 Å². The van der Waals surface area contributed by atoms with E-state index in [2.05, 4.69) is 10.1 Å². The van der Waals surface area contributed by atoms with Crippen LogP contribution in [0.2, 0.25) is 5.02 Å². The number of hydrogen-bond acceptors (Lipinski definition) is 6. The van der Waals surface area contributed by atoms with Gasteiger partial charge in [-0.05, 0) is 11.6 Å². The van der Waals surface area contributed by atoms with Crippen LogP contribution < -0.4 is 0 Å². The second kappa shape index (κ2) is 6.56. The first-order valence-electron chi connectivity index (χ1n) is 7.09. The van der Waals surface area contributed by atoms with E-state index in [1.54, 1.807) is 31.2 Å². The van der Waals surface area contributed by atoms with E-state index >= 15 is 0 Å². The van der Waals surface area contributed by atoms with Crippen molar-refractivity contribution in [3.8, 4) is 0 Å². The minimum atomic E-state index is -3.51. The fraction of sp³-hybridized carbons (Fsp3) is 0.429. The maximum absolute atomic E-state index is 12.6. The smallest absolute Gasteiger partial charge is 0.223 e. The van der Waals surface area contributed by atoms with Crippen molar-refractivity contribution < 1.29 is 17.7 Å². The Bertz CT molecular complexity index is 793. The van der Waals surface area contributed by atoms with Crippen molar-refractivity contribution in [2.75, 3.05) is 19.7 Å². The average Bonchev–Trinajstić information content (AvgIpc) is 2.96. The Labute approximate surface area is 139 Å². The van der Waals surface area contributed by atoms with Gasteiger partial charge in [-0.2, -0.15) is 9.29 Å². The highest BCUT2D eigenvalue weighted by Gasteiger charge is 2.32. The lowest BCUT2D eigenvalue weighted by atomic mass is 10.2. The van der Waals surface area contributed by atoms with E-state index in [0.717, 1.165) is 0 Å². The van der Waals surface area contributed by atoms with Crippen LogP contribution in [-0.2, 0) is 20.5 Å². The van der Waals surface area contributed by atoms with Gasteiger partial charge in [0, 0.05) is 25.0 Å². The van der Waals surface area contributed by atoms with E-state index in [-0.39, 0.29) is 18.9 Å². The van der Waals surface area contributed by atoms with E-state index < -0.39 is 16.1 Å². The molecule has 1 atom stereocenters. The number of aryl methyl sites for hydroxylation is 1. The maximum atomic E-state index is 12.6. The van der Waals surface area contributed by atoms with E-state index in [1.807, 2.05) is 0 Å². The van der Waals surface area contributed by atoms with E-state index in [9.17, 15) is 8.42 Å². The summed E-state index contributed by atoms with van der Waals surface area (Å²) in [6.45, 7) is 2.40. The minimum Gasteiger partial charge on any atom is -0.367 e. The fourth-order valence-corrected chi connectivity index (χ4v) is 4.21. The molecule has 0 spiro atoms. The number of nitrogens with zero attached hydrogens (tertiary/aromatic N) is 3. The summed E-state index contributed by atoms with van der Waals surface area (Å²) in [5.41, 5.74) is 0.576. The van der Waals surface area contributed by atoms with E-state index in [1.165, 1.54) is 4.31 Å². The summed E-state index contributed by atoms with van der Waals surface area (Å²) in [7, 11) is -3.51. The van der Waals surface area contributed by atoms with Crippen molar-refractivity contribution in [1.29, 1.82) is 0 Å². The van der Waals surface area contributed by atoms with Gasteiger partial charge in [-0.1, -0.05) is 35.0 Å². The maximum Gasteiger partial charge on any atom is 0.223 e. The molecule has 2 aromatic rings. The van der Waals surface area contributed by atoms with Crippen molar-refractivity contribution in [2.45, 2.75) is 18.8 Å². The summed E-state index contributed by atoms with van der Waals surface area (Å²) in [5.74, 6) is 0.629. The molecule has 3 rings (SSSR count). The molecular formula is C14H16ClN3O4S. The molecule has 9 heteroatoms. The average molecular weight is 358 g/mol. The number of morpholine rings is 1. The number of ether oxygens (including phenoxy) is 1. The zero-order chi connectivity index (χ0) is 16.4. The number of benzene rings is 1. The van der Waals surface area contributed by atoms with Crippen molar-refractivity contribution >= 4 is 21.6 Å². The Morgan fingerprint density at radius 2 is 2.17 bits per heavy atom. The fourth-order valence-electron chi connectivity index (χ4n) is 2.38. The standard InChI is InChI=1S/C14H16ClN3O4S/c1-10-16-14(17-22-10)13-8-18(6-7-21-13)23(19,20)9-11-4-2-3-5-12(11)15/h2-5,13H,6-9H2,1H3. The van der Waals surface area contributed by atoms with Gasteiger partial charge in [0.1, 0.15) is 6.10 Å². The van der Waals surface area contributed by atoms with Crippen LogP contribution >= 0.6 is 11.6 Å². The van der Waals surface area contributed by atoms with Gasteiger partial charge >= 0.3 is 0 Å². The van der Waals surface area contributed by atoms with Crippen molar-refractivity contribution in [3.63, 3.8) is 0 Å². The van der Waals surface area contributed by atoms with Crippen LogP contribution in [0.5, 0.6) is 0 Å². The molecule has 0 amide bonds. The summed E-state index contributed by atoms with van der Waals surface area (Å²) >= 11 is 6.06. The summed E-state index contributed by atoms with van der Waals surface area (Å²) in [5, 5.41) is 4.24. The van der Waals surface area contributed by atoms with Gasteiger partial charge in [0.15, 0.2) is 0 Å². The van der Waals surface area contributed by atoms with Gasteiger partial charge in [0.25, 0.3) is 0 Å². The number of rotatable bonds is 4. The Hall–Kier alpha value is -1.48. The molecule has 124 valence electrons. The molecule has 0 bridgehead atoms. The zero-order valence-electron chi connectivity index (χ0n) is 12.5. The molecule has 1 saturated heterocycles. The highest BCUT2D eigenvalue weighted by atomic mass is 35.5. The van der Waals surface area contributed by atoms with Crippen molar-refractivity contribution in [2.24, 2.45) is 0 Å². The lowest BCUT2D eigenvalue weighted by molar-refractivity contribution is -0.00863. The molecule has 1 fully saturated rings. The first-order chi connectivity index (χ1) is 11.0. The predicted octanol–water partition coefficient (Wildman–Crippen LogP) is 1.93. The predicted molar refractivity (Wildman–Crippen MR) is 83.4 cm³/mol. The molecule has 0 N–H and O–H groups in total. The molecule has 1 aliphatic heterocycles. The van der Waals surface area contributed by atoms with Crippen LogP contribution in [0.1, 0.15) is 23.4 Å². The Kier molecular flexibility index (Phi) is 4.67. The highest BCUT2D eigenvalue weighted by molar-refractivity contribution is 7.88. The largest absolute Gasteiger partial charge is 0.367 e. The molecule has 1 aromatic heterocycles. The summed E-state index contributed by atoms with van der Waals surface area (Å²) < 4.78 is 37.1. The SMILES string of the molecule is Cc1nc(C2CN(S(=O)(=O)Cc3ccccc3Cl)CCO2)no1. The van der Waals surface area contributed by atoms with Gasteiger partial charge in [0.05, 0.1) is 12.4 Å². The van der Waals surface area contributed by atoms with E-state index in [4.69, 9.17) is 20.9 Å². The Morgan fingerprint density at radius 3 is 2.87 bits per heavy atom. The topological polar surface area (TPSA) is 85.5 Å². The Balaban J connectivity index is 1.76. The second-order valence-corrected chi connectivity index (χ2v) is 7.61. The lowest BCUT2D eigenvalue weighted by Gasteiger charge is -2.30. The van der Waals surface area contributed by atoms with Crippen LogP contribution in [0.25, 0.3) is 0 Å². The second-order valence-electron chi connectivity index (χ2n) is 5.24. The summed E-state index contributed by atoms with van der Waals surface area (Å²) in [6.07, 6.45) is -0.526.